The molecule has 0 aromatic heterocycles. The van der Waals surface area contributed by atoms with Crippen molar-refractivity contribution in [2.45, 2.75) is 20.0 Å². The number of carbonyl (C=O) groups excluding carboxylic acids is 1. The molecule has 180 valence electrons. The van der Waals surface area contributed by atoms with Crippen LogP contribution in [-0.2, 0) is 23.3 Å². The van der Waals surface area contributed by atoms with Crippen molar-refractivity contribution in [3.8, 4) is 5.75 Å². The fourth-order valence-electron chi connectivity index (χ4n) is 3.29. The molecule has 0 heterocycles. The Labute approximate surface area is 200 Å². The largest absolute Gasteiger partial charge is 0.494 e. The molecule has 7 nitrogen and oxygen atoms in total. The molecule has 0 aliphatic heterocycles. The molecular weight excluding hydrogens is 457 g/mol. The van der Waals surface area contributed by atoms with Crippen LogP contribution in [0.2, 0.25) is 0 Å². The fraction of sp³-hybridized carbons (Fsp3) is 0.240. The molecule has 34 heavy (non-hydrogen) atoms. The number of carbonyl (C=O) groups is 1. The number of amides is 1. The average molecular weight is 486 g/mol. The number of nitrogens with zero attached hydrogens (tertiary/aromatic N) is 2. The van der Waals surface area contributed by atoms with Gasteiger partial charge < -0.3 is 10.1 Å². The van der Waals surface area contributed by atoms with E-state index in [1.807, 2.05) is 31.2 Å². The SMILES string of the molecule is CCOc1ccccc1CNC(=O)c1ccc(CN(c2ccccc2F)S(=O)(=O)N(C)C)cc1. The van der Waals surface area contributed by atoms with Crippen LogP contribution in [-0.4, -0.2) is 39.3 Å². The maximum Gasteiger partial charge on any atom is 0.303 e. The molecule has 9 heteroatoms. The highest BCUT2D eigenvalue weighted by Crippen LogP contribution is 2.25. The quantitative estimate of drug-likeness (QED) is 0.471. The van der Waals surface area contributed by atoms with Gasteiger partial charge in [0.25, 0.3) is 5.91 Å². The summed E-state index contributed by atoms with van der Waals surface area (Å²) in [6.45, 7) is 2.64. The molecule has 3 aromatic rings. The zero-order valence-electron chi connectivity index (χ0n) is 19.4. The highest BCUT2D eigenvalue weighted by atomic mass is 32.2. The van der Waals surface area contributed by atoms with Gasteiger partial charge in [-0.15, -0.1) is 0 Å². The molecule has 0 radical (unpaired) electrons. The maximum atomic E-state index is 14.4. The Morgan fingerprint density at radius 1 is 0.971 bits per heavy atom. The van der Waals surface area contributed by atoms with Crippen LogP contribution in [0.1, 0.15) is 28.4 Å². The Morgan fingerprint density at radius 3 is 2.26 bits per heavy atom. The van der Waals surface area contributed by atoms with E-state index in [1.54, 1.807) is 30.3 Å². The second-order valence-corrected chi connectivity index (χ2v) is 9.74. The number of rotatable bonds is 10. The lowest BCUT2D eigenvalue weighted by molar-refractivity contribution is 0.0950. The van der Waals surface area contributed by atoms with E-state index in [2.05, 4.69) is 5.32 Å². The molecule has 0 aliphatic rings. The normalized spacial score (nSPS) is 11.3. The fourth-order valence-corrected chi connectivity index (χ4v) is 4.40. The van der Waals surface area contributed by atoms with Gasteiger partial charge in [-0.05, 0) is 42.8 Å². The first-order chi connectivity index (χ1) is 16.2. The first-order valence-electron chi connectivity index (χ1n) is 10.8. The van der Waals surface area contributed by atoms with E-state index >= 15 is 0 Å². The van der Waals surface area contributed by atoms with Crippen LogP contribution >= 0.6 is 0 Å². The zero-order valence-corrected chi connectivity index (χ0v) is 20.2. The van der Waals surface area contributed by atoms with Crippen molar-refractivity contribution >= 4 is 21.8 Å². The van der Waals surface area contributed by atoms with Crippen LogP contribution in [0.15, 0.2) is 72.8 Å². The number of ether oxygens (including phenoxy) is 1. The van der Waals surface area contributed by atoms with Crippen LogP contribution in [0.4, 0.5) is 10.1 Å². The minimum absolute atomic E-state index is 0.0500. The first kappa shape index (κ1) is 25.2. The third-order valence-corrected chi connectivity index (χ3v) is 6.92. The molecule has 0 fully saturated rings. The number of hydrogen-bond donors (Lipinski definition) is 1. The second kappa shape index (κ2) is 11.1. The Kier molecular flexibility index (Phi) is 8.25. The predicted molar refractivity (Wildman–Crippen MR) is 130 cm³/mol. The lowest BCUT2D eigenvalue weighted by atomic mass is 10.1. The summed E-state index contributed by atoms with van der Waals surface area (Å²) in [7, 11) is -1.17. The summed E-state index contributed by atoms with van der Waals surface area (Å²) in [5.41, 5.74) is 1.84. The Balaban J connectivity index is 1.75. The van der Waals surface area contributed by atoms with Crippen LogP contribution < -0.4 is 14.4 Å². The van der Waals surface area contributed by atoms with Gasteiger partial charge in [0.15, 0.2) is 0 Å². The zero-order chi connectivity index (χ0) is 24.7. The van der Waals surface area contributed by atoms with Gasteiger partial charge in [-0.1, -0.05) is 42.5 Å². The highest BCUT2D eigenvalue weighted by Gasteiger charge is 2.27. The monoisotopic (exact) mass is 485 g/mol. The van der Waals surface area contributed by atoms with E-state index < -0.39 is 16.0 Å². The molecule has 1 N–H and O–H groups in total. The lowest BCUT2D eigenvalue weighted by Crippen LogP contribution is -2.40. The van der Waals surface area contributed by atoms with E-state index in [0.29, 0.717) is 24.3 Å². The second-order valence-electron chi connectivity index (χ2n) is 7.67. The summed E-state index contributed by atoms with van der Waals surface area (Å²) in [5, 5.41) is 2.87. The third-order valence-electron chi connectivity index (χ3n) is 5.12. The van der Waals surface area contributed by atoms with Crippen LogP contribution in [0.25, 0.3) is 0 Å². The number of nitrogens with one attached hydrogen (secondary N) is 1. The van der Waals surface area contributed by atoms with Gasteiger partial charge in [-0.3, -0.25) is 9.10 Å². The van der Waals surface area contributed by atoms with Gasteiger partial charge >= 0.3 is 10.2 Å². The molecule has 0 atom stereocenters. The molecule has 0 aliphatic carbocycles. The summed E-state index contributed by atoms with van der Waals surface area (Å²) in [6, 6.07) is 19.7. The highest BCUT2D eigenvalue weighted by molar-refractivity contribution is 7.90. The van der Waals surface area contributed by atoms with Gasteiger partial charge in [0, 0.05) is 31.8 Å². The van der Waals surface area contributed by atoms with Crippen molar-refractivity contribution < 1.29 is 22.3 Å². The summed E-state index contributed by atoms with van der Waals surface area (Å²) in [4.78, 5) is 12.6. The number of anilines is 1. The molecule has 0 unspecified atom stereocenters. The summed E-state index contributed by atoms with van der Waals surface area (Å²) in [5.74, 6) is -0.197. The van der Waals surface area contributed by atoms with Crippen molar-refractivity contribution in [1.29, 1.82) is 0 Å². The smallest absolute Gasteiger partial charge is 0.303 e. The molecule has 0 spiro atoms. The van der Waals surface area contributed by atoms with E-state index in [9.17, 15) is 17.6 Å². The molecule has 0 saturated heterocycles. The van der Waals surface area contributed by atoms with E-state index in [0.717, 1.165) is 19.9 Å². The molecule has 3 rings (SSSR count). The Bertz CT molecular complexity index is 1230. The van der Waals surface area contributed by atoms with Gasteiger partial charge in [-0.2, -0.15) is 12.7 Å². The molecule has 3 aromatic carbocycles. The summed E-state index contributed by atoms with van der Waals surface area (Å²) < 4.78 is 47.8. The van der Waals surface area contributed by atoms with Crippen LogP contribution in [0.3, 0.4) is 0 Å². The van der Waals surface area contributed by atoms with Crippen molar-refractivity contribution in [3.63, 3.8) is 0 Å². The molecule has 0 bridgehead atoms. The molecule has 1 amide bonds. The minimum atomic E-state index is -3.95. The van der Waals surface area contributed by atoms with Crippen molar-refractivity contribution in [1.82, 2.24) is 9.62 Å². The Hall–Kier alpha value is -3.43. The number of para-hydroxylation sites is 2. The standard InChI is InChI=1S/C25H28FN3O4S/c1-4-33-24-12-8-5-9-21(24)17-27-25(30)20-15-13-19(14-16-20)18-29(34(31,32)28(2)3)23-11-7-6-10-22(23)26/h5-16H,4,17-18H2,1-3H3,(H,27,30). The van der Waals surface area contributed by atoms with Crippen LogP contribution in [0, 0.1) is 5.82 Å². The van der Waals surface area contributed by atoms with Crippen molar-refractivity contribution in [3.05, 3.63) is 95.3 Å². The third kappa shape index (κ3) is 5.92. The lowest BCUT2D eigenvalue weighted by Gasteiger charge is -2.27. The van der Waals surface area contributed by atoms with Crippen molar-refractivity contribution in [2.24, 2.45) is 0 Å². The van der Waals surface area contributed by atoms with Crippen molar-refractivity contribution in [2.75, 3.05) is 25.0 Å². The summed E-state index contributed by atoms with van der Waals surface area (Å²) in [6.07, 6.45) is 0. The minimum Gasteiger partial charge on any atom is -0.494 e. The summed E-state index contributed by atoms with van der Waals surface area (Å²) >= 11 is 0. The van der Waals surface area contributed by atoms with E-state index in [-0.39, 0.29) is 18.1 Å². The topological polar surface area (TPSA) is 79.0 Å². The number of benzene rings is 3. The van der Waals surface area contributed by atoms with Gasteiger partial charge in [0.05, 0.1) is 18.8 Å². The van der Waals surface area contributed by atoms with Gasteiger partial charge in [-0.25, -0.2) is 4.39 Å². The van der Waals surface area contributed by atoms with E-state index in [1.165, 1.54) is 32.3 Å². The molecule has 0 saturated carbocycles. The Morgan fingerprint density at radius 2 is 1.62 bits per heavy atom. The number of hydrogen-bond acceptors (Lipinski definition) is 4. The van der Waals surface area contributed by atoms with Crippen LogP contribution in [0.5, 0.6) is 5.75 Å². The predicted octanol–water partition coefficient (Wildman–Crippen LogP) is 3.97. The van der Waals surface area contributed by atoms with Gasteiger partial charge in [0.1, 0.15) is 11.6 Å². The maximum absolute atomic E-state index is 14.4. The number of halogens is 1. The molecular formula is C25H28FN3O4S. The average Bonchev–Trinajstić information content (AvgIpc) is 2.83. The van der Waals surface area contributed by atoms with E-state index in [4.69, 9.17) is 4.74 Å². The van der Waals surface area contributed by atoms with Gasteiger partial charge in [0.2, 0.25) is 0 Å². The first-order valence-corrected chi connectivity index (χ1v) is 12.2.